The van der Waals surface area contributed by atoms with E-state index < -0.39 is 47.8 Å². The molecule has 0 unspecified atom stereocenters. The number of piperazine rings is 1. The number of carboxylic acids is 1. The molecule has 0 spiro atoms. The number of amides is 2. The predicted octanol–water partition coefficient (Wildman–Crippen LogP) is 2.00. The van der Waals surface area contributed by atoms with Gasteiger partial charge in [0.25, 0.3) is 5.91 Å². The van der Waals surface area contributed by atoms with Gasteiger partial charge >= 0.3 is 12.1 Å². The highest BCUT2D eigenvalue weighted by atomic mass is 19.2. The van der Waals surface area contributed by atoms with Crippen LogP contribution in [0.4, 0.5) is 19.3 Å². The van der Waals surface area contributed by atoms with Gasteiger partial charge in [-0.05, 0) is 32.9 Å². The molecule has 1 N–H and O–H groups in total. The Bertz CT molecular complexity index is 717. The second-order valence-corrected chi connectivity index (χ2v) is 6.55. The number of carbonyl (C=O) groups is 3. The number of carboxylic acid groups (broad SMARTS) is 1. The van der Waals surface area contributed by atoms with Crippen molar-refractivity contribution in [2.45, 2.75) is 32.4 Å². The summed E-state index contributed by atoms with van der Waals surface area (Å²) in [5.41, 5.74) is -1.17. The molecule has 0 saturated carbocycles. The summed E-state index contributed by atoms with van der Waals surface area (Å²) in [4.78, 5) is 37.6. The van der Waals surface area contributed by atoms with Gasteiger partial charge in [0.2, 0.25) is 0 Å². The Kier molecular flexibility index (Phi) is 4.96. The predicted molar refractivity (Wildman–Crippen MR) is 83.1 cm³/mol. The molecule has 1 heterocycles. The maximum Gasteiger partial charge on any atom is 0.417 e. The summed E-state index contributed by atoms with van der Waals surface area (Å²) in [6, 6.07) is 1.80. The van der Waals surface area contributed by atoms with E-state index in [-0.39, 0.29) is 12.2 Å². The number of anilines is 1. The van der Waals surface area contributed by atoms with Gasteiger partial charge in [0.1, 0.15) is 5.60 Å². The van der Waals surface area contributed by atoms with Gasteiger partial charge in [0.15, 0.2) is 17.7 Å². The largest absolute Gasteiger partial charge is 0.480 e. The van der Waals surface area contributed by atoms with E-state index in [0.29, 0.717) is 4.90 Å². The van der Waals surface area contributed by atoms with Crippen molar-refractivity contribution in [2.24, 2.45) is 0 Å². The quantitative estimate of drug-likeness (QED) is 0.872. The summed E-state index contributed by atoms with van der Waals surface area (Å²) in [6.07, 6.45) is -1.09. The molecular weight excluding hydrogens is 338 g/mol. The Morgan fingerprint density at radius 1 is 1.28 bits per heavy atom. The molecule has 1 fully saturated rings. The summed E-state index contributed by atoms with van der Waals surface area (Å²) in [5.74, 6) is -4.64. The van der Waals surface area contributed by atoms with Gasteiger partial charge in [0.05, 0.1) is 18.8 Å². The molecule has 1 aromatic rings. The Morgan fingerprint density at radius 3 is 2.48 bits per heavy atom. The number of halogens is 2. The first kappa shape index (κ1) is 18.6. The van der Waals surface area contributed by atoms with Crippen molar-refractivity contribution < 1.29 is 33.0 Å². The topological polar surface area (TPSA) is 87.2 Å². The van der Waals surface area contributed by atoms with E-state index >= 15 is 0 Å². The van der Waals surface area contributed by atoms with Gasteiger partial charge in [-0.15, -0.1) is 0 Å². The van der Waals surface area contributed by atoms with Crippen molar-refractivity contribution in [2.75, 3.05) is 18.0 Å². The second-order valence-electron chi connectivity index (χ2n) is 6.55. The van der Waals surface area contributed by atoms with Crippen LogP contribution in [0.2, 0.25) is 0 Å². The van der Waals surface area contributed by atoms with Crippen LogP contribution in [0, 0.1) is 11.6 Å². The molecule has 1 aliphatic heterocycles. The molecule has 136 valence electrons. The van der Waals surface area contributed by atoms with Gasteiger partial charge in [-0.2, -0.15) is 0 Å². The van der Waals surface area contributed by atoms with Crippen LogP contribution in [0.5, 0.6) is 0 Å². The van der Waals surface area contributed by atoms with Crippen LogP contribution in [0.3, 0.4) is 0 Å². The third-order valence-electron chi connectivity index (χ3n) is 3.45. The summed E-state index contributed by atoms with van der Waals surface area (Å²) >= 11 is 0. The average Bonchev–Trinajstić information content (AvgIpc) is 2.47. The lowest BCUT2D eigenvalue weighted by atomic mass is 10.1. The SMILES string of the molecule is CC(C)(C)OC(=O)N1C(=O)CN(c2cccc(F)c2F)C[C@@H]1C(=O)O. The molecule has 1 saturated heterocycles. The number of benzene rings is 1. The molecule has 0 aromatic heterocycles. The van der Waals surface area contributed by atoms with Crippen molar-refractivity contribution in [3.8, 4) is 0 Å². The zero-order chi connectivity index (χ0) is 18.9. The van der Waals surface area contributed by atoms with E-state index in [4.69, 9.17) is 4.74 Å². The molecule has 1 atom stereocenters. The first-order valence-electron chi connectivity index (χ1n) is 7.48. The van der Waals surface area contributed by atoms with E-state index in [0.717, 1.165) is 11.0 Å². The van der Waals surface area contributed by atoms with Gasteiger partial charge < -0.3 is 14.7 Å². The van der Waals surface area contributed by atoms with E-state index in [2.05, 4.69) is 0 Å². The fourth-order valence-corrected chi connectivity index (χ4v) is 2.42. The standard InChI is InChI=1S/C16H18F2N2O5/c1-16(2,3)25-15(24)20-11(14(22)23)7-19(8-12(20)21)10-6-4-5-9(17)13(10)18/h4-6,11H,7-8H2,1-3H3,(H,22,23)/t11-/m1/s1. The van der Waals surface area contributed by atoms with Crippen molar-refractivity contribution in [1.29, 1.82) is 0 Å². The number of hydrogen-bond donors (Lipinski definition) is 1. The minimum atomic E-state index is -1.58. The summed E-state index contributed by atoms with van der Waals surface area (Å²) in [6.45, 7) is 3.85. The Hall–Kier alpha value is -2.71. The van der Waals surface area contributed by atoms with Crippen molar-refractivity contribution in [1.82, 2.24) is 4.90 Å². The fraction of sp³-hybridized carbons (Fsp3) is 0.438. The van der Waals surface area contributed by atoms with Gasteiger partial charge in [-0.1, -0.05) is 6.07 Å². The van der Waals surface area contributed by atoms with Crippen LogP contribution in [0.25, 0.3) is 0 Å². The molecule has 1 aromatic carbocycles. The lowest BCUT2D eigenvalue weighted by Gasteiger charge is -2.39. The van der Waals surface area contributed by atoms with E-state index in [9.17, 15) is 28.3 Å². The molecule has 1 aliphatic rings. The maximum atomic E-state index is 13.9. The number of hydrogen-bond acceptors (Lipinski definition) is 5. The van der Waals surface area contributed by atoms with Crippen LogP contribution in [0.1, 0.15) is 20.8 Å². The summed E-state index contributed by atoms with van der Waals surface area (Å²) < 4.78 is 32.4. The third-order valence-corrected chi connectivity index (χ3v) is 3.45. The molecule has 7 nitrogen and oxygen atoms in total. The highest BCUT2D eigenvalue weighted by molar-refractivity contribution is 6.00. The van der Waals surface area contributed by atoms with Crippen LogP contribution in [-0.2, 0) is 14.3 Å². The smallest absolute Gasteiger partial charge is 0.417 e. The van der Waals surface area contributed by atoms with Crippen molar-refractivity contribution in [3.63, 3.8) is 0 Å². The number of nitrogens with zero attached hydrogens (tertiary/aromatic N) is 2. The normalized spacial score (nSPS) is 18.3. The van der Waals surface area contributed by atoms with Crippen molar-refractivity contribution >= 4 is 23.7 Å². The van der Waals surface area contributed by atoms with E-state index in [1.54, 1.807) is 20.8 Å². The van der Waals surface area contributed by atoms with Crippen LogP contribution in [-0.4, -0.2) is 52.7 Å². The van der Waals surface area contributed by atoms with Crippen LogP contribution < -0.4 is 4.90 Å². The Morgan fingerprint density at radius 2 is 1.92 bits per heavy atom. The van der Waals surface area contributed by atoms with Gasteiger partial charge in [0, 0.05) is 0 Å². The highest BCUT2D eigenvalue weighted by Crippen LogP contribution is 2.26. The average molecular weight is 356 g/mol. The lowest BCUT2D eigenvalue weighted by molar-refractivity contribution is -0.150. The Balaban J connectivity index is 2.32. The molecular formula is C16H18F2N2O5. The first-order valence-corrected chi connectivity index (χ1v) is 7.48. The third kappa shape index (κ3) is 4.04. The zero-order valence-electron chi connectivity index (χ0n) is 14.0. The lowest BCUT2D eigenvalue weighted by Crippen LogP contribution is -2.62. The monoisotopic (exact) mass is 356 g/mol. The summed E-state index contributed by atoms with van der Waals surface area (Å²) in [5, 5.41) is 9.37. The molecule has 0 aliphatic carbocycles. The maximum absolute atomic E-state index is 13.9. The fourth-order valence-electron chi connectivity index (χ4n) is 2.42. The first-order chi connectivity index (χ1) is 11.5. The number of rotatable bonds is 2. The second kappa shape index (κ2) is 6.66. The molecule has 2 amide bonds. The number of carbonyl (C=O) groups excluding carboxylic acids is 2. The number of aliphatic carboxylic acids is 1. The van der Waals surface area contributed by atoms with Crippen molar-refractivity contribution in [3.05, 3.63) is 29.8 Å². The Labute approximate surface area is 142 Å². The van der Waals surface area contributed by atoms with E-state index in [1.165, 1.54) is 12.1 Å². The molecule has 2 rings (SSSR count). The van der Waals surface area contributed by atoms with Crippen LogP contribution in [0.15, 0.2) is 18.2 Å². The zero-order valence-corrected chi connectivity index (χ0v) is 14.0. The summed E-state index contributed by atoms with van der Waals surface area (Å²) in [7, 11) is 0. The molecule has 0 bridgehead atoms. The number of ether oxygens (including phenoxy) is 1. The molecule has 0 radical (unpaired) electrons. The minimum absolute atomic E-state index is 0.247. The molecule has 9 heteroatoms. The highest BCUT2D eigenvalue weighted by Gasteiger charge is 2.43. The van der Waals surface area contributed by atoms with E-state index in [1.807, 2.05) is 0 Å². The minimum Gasteiger partial charge on any atom is -0.480 e. The molecule has 25 heavy (non-hydrogen) atoms. The van der Waals surface area contributed by atoms with Gasteiger partial charge in [-0.25, -0.2) is 23.3 Å². The number of imide groups is 1. The van der Waals surface area contributed by atoms with Gasteiger partial charge in [-0.3, -0.25) is 4.79 Å². The van der Waals surface area contributed by atoms with Crippen LogP contribution >= 0.6 is 0 Å².